The van der Waals surface area contributed by atoms with E-state index in [0.717, 1.165) is 17.7 Å². The lowest BCUT2D eigenvalue weighted by atomic mass is 10.1. The fourth-order valence-electron chi connectivity index (χ4n) is 1.62. The van der Waals surface area contributed by atoms with Crippen molar-refractivity contribution in [3.8, 4) is 0 Å². The second-order valence-corrected chi connectivity index (χ2v) is 3.98. The summed E-state index contributed by atoms with van der Waals surface area (Å²) < 4.78 is 5.20. The summed E-state index contributed by atoms with van der Waals surface area (Å²) in [5, 5.41) is 2.87. The Bertz CT molecular complexity index is 394. The Morgan fingerprint density at radius 1 is 1.44 bits per heavy atom. The number of hydrazine groups is 1. The molecule has 0 aliphatic carbocycles. The van der Waals surface area contributed by atoms with Crippen molar-refractivity contribution in [2.24, 2.45) is 5.84 Å². The molecule has 5 nitrogen and oxygen atoms in total. The molecule has 0 saturated carbocycles. The Morgan fingerprint density at radius 2 is 2.22 bits per heavy atom. The van der Waals surface area contributed by atoms with Gasteiger partial charge < -0.3 is 15.5 Å². The molecule has 0 aromatic heterocycles. The largest absolute Gasteiger partial charge is 0.382 e. The molecule has 100 valence electrons. The maximum absolute atomic E-state index is 11.9. The van der Waals surface area contributed by atoms with Crippen LogP contribution in [-0.4, -0.2) is 25.7 Å². The monoisotopic (exact) mass is 251 g/mol. The lowest BCUT2D eigenvalue weighted by molar-refractivity contribution is 0.0943. The van der Waals surface area contributed by atoms with Crippen LogP contribution in [0.3, 0.4) is 0 Å². The molecule has 0 aliphatic rings. The van der Waals surface area contributed by atoms with E-state index in [-0.39, 0.29) is 5.91 Å². The molecule has 5 heteroatoms. The predicted octanol–water partition coefficient (Wildman–Crippen LogP) is 1.44. The molecule has 0 bridgehead atoms. The van der Waals surface area contributed by atoms with Crippen LogP contribution in [0.2, 0.25) is 0 Å². The molecule has 0 unspecified atom stereocenters. The first kappa shape index (κ1) is 14.5. The van der Waals surface area contributed by atoms with Crippen molar-refractivity contribution in [2.75, 3.05) is 25.2 Å². The summed E-state index contributed by atoms with van der Waals surface area (Å²) in [5.74, 6) is 5.24. The lowest BCUT2D eigenvalue weighted by Crippen LogP contribution is -2.26. The van der Waals surface area contributed by atoms with E-state index in [4.69, 9.17) is 10.6 Å². The number of hydrogen-bond acceptors (Lipinski definition) is 4. The first-order valence-corrected chi connectivity index (χ1v) is 6.12. The summed E-state index contributed by atoms with van der Waals surface area (Å²) in [4.78, 5) is 11.9. The van der Waals surface area contributed by atoms with Gasteiger partial charge in [-0.05, 0) is 44.0 Å². The number of aryl methyl sites for hydroxylation is 1. The number of nitrogens with two attached hydrogens (primary N) is 1. The Morgan fingerprint density at radius 3 is 2.83 bits per heavy atom. The van der Waals surface area contributed by atoms with Gasteiger partial charge in [-0.1, -0.05) is 0 Å². The maximum atomic E-state index is 11.9. The second-order valence-electron chi connectivity index (χ2n) is 3.98. The molecule has 1 aromatic rings. The summed E-state index contributed by atoms with van der Waals surface area (Å²) in [6.07, 6.45) is 0.821. The summed E-state index contributed by atoms with van der Waals surface area (Å²) >= 11 is 0. The van der Waals surface area contributed by atoms with Crippen LogP contribution in [0.15, 0.2) is 18.2 Å². The normalized spacial score (nSPS) is 10.2. The van der Waals surface area contributed by atoms with Gasteiger partial charge >= 0.3 is 0 Å². The second kappa shape index (κ2) is 7.68. The zero-order chi connectivity index (χ0) is 13.4. The van der Waals surface area contributed by atoms with Gasteiger partial charge in [-0.25, -0.2) is 0 Å². The summed E-state index contributed by atoms with van der Waals surface area (Å²) in [6, 6.07) is 5.39. The predicted molar refractivity (Wildman–Crippen MR) is 72.4 cm³/mol. The van der Waals surface area contributed by atoms with Gasteiger partial charge in [-0.3, -0.25) is 10.6 Å². The molecule has 0 radical (unpaired) electrons. The average Bonchev–Trinajstić information content (AvgIpc) is 2.38. The Kier molecular flexibility index (Phi) is 6.18. The number of nitrogens with one attached hydrogen (secondary N) is 2. The van der Waals surface area contributed by atoms with E-state index in [0.29, 0.717) is 25.3 Å². The van der Waals surface area contributed by atoms with Crippen molar-refractivity contribution in [3.05, 3.63) is 29.3 Å². The van der Waals surface area contributed by atoms with Crippen LogP contribution in [0.5, 0.6) is 0 Å². The number of ether oxygens (including phenoxy) is 1. The minimum atomic E-state index is -0.0624. The van der Waals surface area contributed by atoms with Crippen molar-refractivity contribution in [2.45, 2.75) is 20.3 Å². The fraction of sp³-hybridized carbons (Fsp3) is 0.462. The molecule has 0 atom stereocenters. The molecule has 18 heavy (non-hydrogen) atoms. The van der Waals surface area contributed by atoms with Crippen LogP contribution in [0, 0.1) is 6.92 Å². The number of carbonyl (C=O) groups excluding carboxylic acids is 1. The minimum Gasteiger partial charge on any atom is -0.382 e. The molecule has 4 N–H and O–H groups in total. The zero-order valence-electron chi connectivity index (χ0n) is 11.0. The van der Waals surface area contributed by atoms with Gasteiger partial charge in [0.15, 0.2) is 0 Å². The van der Waals surface area contributed by atoms with Crippen LogP contribution >= 0.6 is 0 Å². The lowest BCUT2D eigenvalue weighted by Gasteiger charge is -2.09. The van der Waals surface area contributed by atoms with Gasteiger partial charge in [0, 0.05) is 31.0 Å². The smallest absolute Gasteiger partial charge is 0.251 e. The van der Waals surface area contributed by atoms with Gasteiger partial charge in [-0.15, -0.1) is 0 Å². The third-order valence-corrected chi connectivity index (χ3v) is 2.59. The molecular weight excluding hydrogens is 230 g/mol. The number of carbonyl (C=O) groups is 1. The summed E-state index contributed by atoms with van der Waals surface area (Å²) in [7, 11) is 0. The molecular formula is C13H21N3O2. The van der Waals surface area contributed by atoms with E-state index in [1.54, 1.807) is 12.1 Å². The Labute approximate surface area is 108 Å². The highest BCUT2D eigenvalue weighted by molar-refractivity contribution is 5.96. The number of hydrogen-bond donors (Lipinski definition) is 3. The van der Waals surface area contributed by atoms with E-state index in [9.17, 15) is 4.79 Å². The van der Waals surface area contributed by atoms with E-state index in [1.165, 1.54) is 0 Å². The van der Waals surface area contributed by atoms with Crippen molar-refractivity contribution in [1.82, 2.24) is 5.32 Å². The molecule has 0 spiro atoms. The molecule has 1 rings (SSSR count). The third kappa shape index (κ3) is 4.35. The molecule has 0 fully saturated rings. The van der Waals surface area contributed by atoms with Crippen molar-refractivity contribution in [1.29, 1.82) is 0 Å². The molecule has 1 amide bonds. The van der Waals surface area contributed by atoms with Gasteiger partial charge in [0.2, 0.25) is 0 Å². The topological polar surface area (TPSA) is 76.4 Å². The first-order valence-electron chi connectivity index (χ1n) is 6.12. The van der Waals surface area contributed by atoms with E-state index < -0.39 is 0 Å². The standard InChI is InChI=1S/C13H21N3O2/c1-3-18-8-4-7-15-13(17)12-6-5-11(16-14)9-10(12)2/h5-6,9,16H,3-4,7-8,14H2,1-2H3,(H,15,17). The highest BCUT2D eigenvalue weighted by Crippen LogP contribution is 2.14. The number of anilines is 1. The minimum absolute atomic E-state index is 0.0624. The van der Waals surface area contributed by atoms with E-state index in [2.05, 4.69) is 10.7 Å². The number of rotatable bonds is 7. The summed E-state index contributed by atoms with van der Waals surface area (Å²) in [6.45, 7) is 5.84. The van der Waals surface area contributed by atoms with Gasteiger partial charge in [-0.2, -0.15) is 0 Å². The molecule has 0 heterocycles. The van der Waals surface area contributed by atoms with Crippen LogP contribution < -0.4 is 16.6 Å². The van der Waals surface area contributed by atoms with E-state index in [1.807, 2.05) is 19.9 Å². The SMILES string of the molecule is CCOCCCNC(=O)c1ccc(NN)cc1C. The Balaban J connectivity index is 2.46. The molecule has 1 aromatic carbocycles. The highest BCUT2D eigenvalue weighted by atomic mass is 16.5. The number of benzene rings is 1. The van der Waals surface area contributed by atoms with Crippen LogP contribution in [0.4, 0.5) is 5.69 Å². The molecule has 0 saturated heterocycles. The highest BCUT2D eigenvalue weighted by Gasteiger charge is 2.08. The van der Waals surface area contributed by atoms with Gasteiger partial charge in [0.25, 0.3) is 5.91 Å². The van der Waals surface area contributed by atoms with Crippen molar-refractivity contribution < 1.29 is 9.53 Å². The van der Waals surface area contributed by atoms with Crippen LogP contribution in [0.1, 0.15) is 29.3 Å². The maximum Gasteiger partial charge on any atom is 0.251 e. The third-order valence-electron chi connectivity index (χ3n) is 2.59. The molecule has 0 aliphatic heterocycles. The quantitative estimate of drug-likeness (QED) is 0.389. The number of nitrogen functional groups attached to an aromatic ring is 1. The Hall–Kier alpha value is -1.59. The first-order chi connectivity index (χ1) is 8.69. The van der Waals surface area contributed by atoms with Crippen LogP contribution in [0.25, 0.3) is 0 Å². The van der Waals surface area contributed by atoms with Crippen molar-refractivity contribution in [3.63, 3.8) is 0 Å². The fourth-order valence-corrected chi connectivity index (χ4v) is 1.62. The summed E-state index contributed by atoms with van der Waals surface area (Å²) in [5.41, 5.74) is 4.91. The van der Waals surface area contributed by atoms with Gasteiger partial charge in [0.05, 0.1) is 0 Å². The van der Waals surface area contributed by atoms with Crippen molar-refractivity contribution >= 4 is 11.6 Å². The number of amides is 1. The van der Waals surface area contributed by atoms with Gasteiger partial charge in [0.1, 0.15) is 0 Å². The average molecular weight is 251 g/mol. The van der Waals surface area contributed by atoms with E-state index >= 15 is 0 Å². The zero-order valence-corrected chi connectivity index (χ0v) is 11.0. The van der Waals surface area contributed by atoms with Crippen LogP contribution in [-0.2, 0) is 4.74 Å².